The van der Waals surface area contributed by atoms with Crippen LogP contribution >= 0.6 is 0 Å². The summed E-state index contributed by atoms with van der Waals surface area (Å²) < 4.78 is 29.4. The van der Waals surface area contributed by atoms with E-state index in [2.05, 4.69) is 57.6 Å². The number of allylic oxidation sites excluding steroid dienone is 5. The van der Waals surface area contributed by atoms with Crippen LogP contribution in [0.25, 0.3) is 33.4 Å². The van der Waals surface area contributed by atoms with Crippen molar-refractivity contribution in [2.45, 2.75) is 27.3 Å². The minimum Gasteiger partial charge on any atom is -0.388 e. The van der Waals surface area contributed by atoms with Crippen molar-refractivity contribution in [3.63, 3.8) is 0 Å². The second-order valence-electron chi connectivity index (χ2n) is 8.72. The van der Waals surface area contributed by atoms with Crippen molar-refractivity contribution in [2.75, 3.05) is 19.4 Å². The fourth-order valence-electron chi connectivity index (χ4n) is 4.30. The van der Waals surface area contributed by atoms with Crippen LogP contribution in [0.3, 0.4) is 0 Å². The van der Waals surface area contributed by atoms with Gasteiger partial charge >= 0.3 is 0 Å². The van der Waals surface area contributed by atoms with Crippen LogP contribution in [0.5, 0.6) is 0 Å². The number of aromatic nitrogens is 3. The number of pyridine rings is 1. The van der Waals surface area contributed by atoms with Gasteiger partial charge in [0.1, 0.15) is 17.5 Å². The summed E-state index contributed by atoms with van der Waals surface area (Å²) in [7, 11) is 3.54. The minimum absolute atomic E-state index is 0.320. The average Bonchev–Trinajstić information content (AvgIpc) is 3.43. The molecule has 4 aromatic rings. The lowest BCUT2D eigenvalue weighted by molar-refractivity contribution is 0.624. The molecule has 0 spiro atoms. The highest BCUT2D eigenvalue weighted by Crippen LogP contribution is 2.34. The minimum atomic E-state index is -0.361. The number of fused-ring (bicyclic) bond motifs is 1. The molecule has 0 saturated heterocycles. The van der Waals surface area contributed by atoms with E-state index >= 15 is 4.39 Å². The number of benzene rings is 2. The van der Waals surface area contributed by atoms with Gasteiger partial charge in [-0.15, -0.1) is 5.73 Å². The monoisotopic (exact) mass is 567 g/mol. The Morgan fingerprint density at radius 2 is 1.79 bits per heavy atom. The summed E-state index contributed by atoms with van der Waals surface area (Å²) in [5, 5.41) is 6.10. The fourth-order valence-corrected chi connectivity index (χ4v) is 4.30. The van der Waals surface area contributed by atoms with Gasteiger partial charge in [-0.3, -0.25) is 0 Å². The topological polar surface area (TPSA) is 65.6 Å². The average molecular weight is 568 g/mol. The molecule has 42 heavy (non-hydrogen) atoms. The normalized spacial score (nSPS) is 10.8. The second-order valence-corrected chi connectivity index (χ2v) is 8.72. The van der Waals surface area contributed by atoms with Gasteiger partial charge in [0.2, 0.25) is 0 Å². The highest BCUT2D eigenvalue weighted by Gasteiger charge is 2.18. The van der Waals surface area contributed by atoms with Crippen molar-refractivity contribution in [1.29, 1.82) is 0 Å². The number of hydrogen-bond donors (Lipinski definition) is 3. The van der Waals surface area contributed by atoms with Crippen LogP contribution < -0.4 is 10.6 Å². The van der Waals surface area contributed by atoms with Gasteiger partial charge in [0.15, 0.2) is 5.65 Å². The van der Waals surface area contributed by atoms with Crippen LogP contribution in [0.4, 0.5) is 14.5 Å². The van der Waals surface area contributed by atoms with Crippen molar-refractivity contribution in [2.24, 2.45) is 0 Å². The first-order chi connectivity index (χ1) is 20.3. The molecular formula is C35H39F2N5. The van der Waals surface area contributed by atoms with Crippen LogP contribution in [0.1, 0.15) is 43.3 Å². The zero-order chi connectivity index (χ0) is 31.2. The zero-order valence-corrected chi connectivity index (χ0v) is 25.0. The fraction of sp³-hybridized carbons (Fsp3) is 0.171. The Hall–Kier alpha value is -4.84. The molecule has 7 heteroatoms. The van der Waals surface area contributed by atoms with Crippen molar-refractivity contribution in [3.05, 3.63) is 133 Å². The van der Waals surface area contributed by atoms with Crippen molar-refractivity contribution in [3.8, 4) is 11.1 Å². The Balaban J connectivity index is 0.00000116. The van der Waals surface area contributed by atoms with E-state index in [4.69, 9.17) is 0 Å². The standard InChI is InChI=1S/C30H29F2N5.C3H4.C2H6/c1-6-8-9-20(7-2)25-15-24(27(34-5)16-26(25)32)18(3)29-36-28-23(10-11-35-30(28)37-29)21-12-19(17-33-4)13-22(31)14-21;1-3-2;1-2/h6-16,33-34H,1,3,17H2,2,4-5H3,(H,35,36,37);1-2H2;1-2H3/b9-8-,20-7+;;. The molecule has 0 bridgehead atoms. The molecule has 0 aliphatic rings. The molecule has 3 N–H and O–H groups in total. The third-order valence-electron chi connectivity index (χ3n) is 6.06. The number of anilines is 1. The number of halogens is 2. The number of imidazole rings is 1. The molecule has 2 aromatic carbocycles. The summed E-state index contributed by atoms with van der Waals surface area (Å²) in [6.45, 7) is 20.6. The molecule has 4 rings (SSSR count). The number of nitrogens with zero attached hydrogens (tertiary/aromatic N) is 2. The largest absolute Gasteiger partial charge is 0.388 e. The summed E-state index contributed by atoms with van der Waals surface area (Å²) in [5.74, 6) is -0.195. The number of aromatic amines is 1. The predicted octanol–water partition coefficient (Wildman–Crippen LogP) is 8.85. The van der Waals surface area contributed by atoms with Gasteiger partial charge in [-0.05, 0) is 67.1 Å². The molecule has 0 amide bonds. The Morgan fingerprint density at radius 3 is 2.40 bits per heavy atom. The summed E-state index contributed by atoms with van der Waals surface area (Å²) in [4.78, 5) is 12.4. The van der Waals surface area contributed by atoms with E-state index < -0.39 is 0 Å². The predicted molar refractivity (Wildman–Crippen MR) is 175 cm³/mol. The molecule has 0 fully saturated rings. The molecule has 0 atom stereocenters. The Labute approximate surface area is 247 Å². The molecule has 2 aromatic heterocycles. The van der Waals surface area contributed by atoms with Gasteiger partial charge in [-0.2, -0.15) is 0 Å². The highest BCUT2D eigenvalue weighted by molar-refractivity contribution is 5.93. The maximum Gasteiger partial charge on any atom is 0.178 e. The molecule has 0 aliphatic heterocycles. The van der Waals surface area contributed by atoms with E-state index in [1.165, 1.54) is 18.2 Å². The summed E-state index contributed by atoms with van der Waals surface area (Å²) >= 11 is 0. The van der Waals surface area contributed by atoms with E-state index in [1.54, 1.807) is 37.5 Å². The molecular weight excluding hydrogens is 528 g/mol. The van der Waals surface area contributed by atoms with Crippen LogP contribution in [0.15, 0.2) is 98.9 Å². The van der Waals surface area contributed by atoms with Gasteiger partial charge in [0, 0.05) is 47.7 Å². The van der Waals surface area contributed by atoms with Crippen LogP contribution in [0, 0.1) is 11.6 Å². The lowest BCUT2D eigenvalue weighted by Crippen LogP contribution is -2.05. The van der Waals surface area contributed by atoms with Crippen LogP contribution in [0.2, 0.25) is 0 Å². The van der Waals surface area contributed by atoms with E-state index in [1.807, 2.05) is 46.0 Å². The van der Waals surface area contributed by atoms with Gasteiger partial charge in [-0.25, -0.2) is 18.7 Å². The number of H-pyrrole nitrogens is 1. The van der Waals surface area contributed by atoms with Gasteiger partial charge < -0.3 is 15.6 Å². The molecule has 0 saturated carbocycles. The third-order valence-corrected chi connectivity index (χ3v) is 6.06. The first kappa shape index (κ1) is 33.4. The molecule has 0 unspecified atom stereocenters. The Morgan fingerprint density at radius 1 is 1.07 bits per heavy atom. The third kappa shape index (κ3) is 7.88. The quantitative estimate of drug-likeness (QED) is 0.140. The lowest BCUT2D eigenvalue weighted by Gasteiger charge is -2.14. The van der Waals surface area contributed by atoms with E-state index in [0.29, 0.717) is 57.1 Å². The van der Waals surface area contributed by atoms with Gasteiger partial charge in [0.05, 0.1) is 5.52 Å². The SMILES string of the molecule is C=C/C=C\C(=C/C)c1cc(C(=C)c2nc3nccc(-c4cc(F)cc(CNC)c4)c3[nH]2)c(NC)cc1F.C=C=C.CC. The summed E-state index contributed by atoms with van der Waals surface area (Å²) in [6.07, 6.45) is 8.68. The smallest absolute Gasteiger partial charge is 0.178 e. The van der Waals surface area contributed by atoms with Crippen LogP contribution in [-0.2, 0) is 6.54 Å². The Bertz CT molecular complexity index is 1640. The second kappa shape index (κ2) is 16.4. The van der Waals surface area contributed by atoms with Crippen molar-refractivity contribution in [1.82, 2.24) is 20.3 Å². The molecule has 5 nitrogen and oxygen atoms in total. The van der Waals surface area contributed by atoms with Crippen molar-refractivity contribution < 1.29 is 8.78 Å². The first-order valence-electron chi connectivity index (χ1n) is 13.6. The summed E-state index contributed by atoms with van der Waals surface area (Å²) in [6, 6.07) is 9.96. The summed E-state index contributed by atoms with van der Waals surface area (Å²) in [5.41, 5.74) is 8.67. The van der Waals surface area contributed by atoms with Crippen molar-refractivity contribution >= 4 is 28.0 Å². The van der Waals surface area contributed by atoms with Gasteiger partial charge in [0.25, 0.3) is 0 Å². The highest BCUT2D eigenvalue weighted by atomic mass is 19.1. The number of rotatable bonds is 9. The first-order valence-corrected chi connectivity index (χ1v) is 13.6. The van der Waals surface area contributed by atoms with Gasteiger partial charge in [-0.1, -0.05) is 64.5 Å². The Kier molecular flexibility index (Phi) is 13.1. The molecule has 2 heterocycles. The van der Waals surface area contributed by atoms with E-state index in [0.717, 1.165) is 11.1 Å². The van der Waals surface area contributed by atoms with Crippen LogP contribution in [-0.4, -0.2) is 29.0 Å². The number of hydrogen-bond acceptors (Lipinski definition) is 4. The molecule has 218 valence electrons. The lowest BCUT2D eigenvalue weighted by atomic mass is 9.96. The van der Waals surface area contributed by atoms with E-state index in [9.17, 15) is 4.39 Å². The van der Waals surface area contributed by atoms with E-state index in [-0.39, 0.29) is 11.6 Å². The maximum absolute atomic E-state index is 15.0. The zero-order valence-electron chi connectivity index (χ0n) is 25.0. The number of nitrogens with one attached hydrogen (secondary N) is 3. The molecule has 0 radical (unpaired) electrons. The molecule has 0 aliphatic carbocycles. The maximum atomic E-state index is 15.0.